The van der Waals surface area contributed by atoms with Crippen LogP contribution in [-0.2, 0) is 17.6 Å². The molecule has 0 amide bonds. The van der Waals surface area contributed by atoms with Gasteiger partial charge in [0.2, 0.25) is 0 Å². The number of aliphatic hydroxyl groups is 1. The highest BCUT2D eigenvalue weighted by Gasteiger charge is 2.06. The smallest absolute Gasteiger partial charge is 0.191 e. The standard InChI is InChI=1S/C17H32N4O2S.HI/c1-5-15-10-20-16(24-15)7-8-19-17(18-6-2)21-9-14(22)12-23-11-13(3)4;/h10,13-14,22H,5-9,11-12H2,1-4H3,(H2,18,19,21);1H. The summed E-state index contributed by atoms with van der Waals surface area (Å²) in [6, 6.07) is 0. The number of aliphatic imine (C=N–C) groups is 1. The Hall–Kier alpha value is -0.450. The highest BCUT2D eigenvalue weighted by atomic mass is 127. The maximum atomic E-state index is 9.92. The average Bonchev–Trinajstić information content (AvgIpc) is 3.00. The maximum Gasteiger partial charge on any atom is 0.191 e. The van der Waals surface area contributed by atoms with E-state index >= 15 is 0 Å². The molecule has 0 aliphatic rings. The highest BCUT2D eigenvalue weighted by molar-refractivity contribution is 14.0. The van der Waals surface area contributed by atoms with Gasteiger partial charge in [-0.05, 0) is 19.3 Å². The summed E-state index contributed by atoms with van der Waals surface area (Å²) in [5, 5.41) is 17.5. The van der Waals surface area contributed by atoms with Crippen molar-refractivity contribution < 1.29 is 9.84 Å². The van der Waals surface area contributed by atoms with E-state index in [1.165, 1.54) is 4.88 Å². The fourth-order valence-corrected chi connectivity index (χ4v) is 2.81. The topological polar surface area (TPSA) is 78.8 Å². The molecule has 1 rings (SSSR count). The summed E-state index contributed by atoms with van der Waals surface area (Å²) >= 11 is 1.76. The summed E-state index contributed by atoms with van der Waals surface area (Å²) in [4.78, 5) is 10.1. The zero-order valence-corrected chi connectivity index (χ0v) is 18.9. The van der Waals surface area contributed by atoms with Crippen molar-refractivity contribution in [1.29, 1.82) is 0 Å². The summed E-state index contributed by atoms with van der Waals surface area (Å²) in [5.41, 5.74) is 0. The van der Waals surface area contributed by atoms with Gasteiger partial charge in [0.05, 0.1) is 24.3 Å². The first-order valence-electron chi connectivity index (χ1n) is 8.76. The van der Waals surface area contributed by atoms with E-state index in [0.29, 0.717) is 31.6 Å². The van der Waals surface area contributed by atoms with Crippen LogP contribution in [0.2, 0.25) is 0 Å². The quantitative estimate of drug-likeness (QED) is 0.256. The van der Waals surface area contributed by atoms with Gasteiger partial charge in [-0.25, -0.2) is 4.98 Å². The molecule has 1 unspecified atom stereocenters. The number of nitrogens with one attached hydrogen (secondary N) is 2. The third-order valence-electron chi connectivity index (χ3n) is 3.15. The first-order valence-corrected chi connectivity index (χ1v) is 9.58. The number of hydrogen-bond acceptors (Lipinski definition) is 5. The summed E-state index contributed by atoms with van der Waals surface area (Å²) in [5.74, 6) is 1.19. The van der Waals surface area contributed by atoms with Crippen LogP contribution in [0.1, 0.15) is 37.6 Å². The Kier molecular flexibility index (Phi) is 14.4. The Balaban J connectivity index is 0.00000576. The fourth-order valence-electron chi connectivity index (χ4n) is 1.95. The number of guanidine groups is 1. The lowest BCUT2D eigenvalue weighted by molar-refractivity contribution is 0.0301. The van der Waals surface area contributed by atoms with E-state index in [-0.39, 0.29) is 24.0 Å². The van der Waals surface area contributed by atoms with E-state index < -0.39 is 6.10 Å². The molecule has 25 heavy (non-hydrogen) atoms. The number of aromatic nitrogens is 1. The van der Waals surface area contributed by atoms with Crippen LogP contribution >= 0.6 is 35.3 Å². The van der Waals surface area contributed by atoms with Crippen LogP contribution in [0.25, 0.3) is 0 Å². The zero-order chi connectivity index (χ0) is 17.8. The van der Waals surface area contributed by atoms with E-state index in [1.807, 2.05) is 13.1 Å². The minimum absolute atomic E-state index is 0. The normalized spacial score (nSPS) is 12.8. The molecule has 0 aliphatic heterocycles. The van der Waals surface area contributed by atoms with E-state index in [1.54, 1.807) is 11.3 Å². The maximum absolute atomic E-state index is 9.92. The fraction of sp³-hybridized carbons (Fsp3) is 0.765. The molecule has 146 valence electrons. The van der Waals surface area contributed by atoms with Gasteiger partial charge in [0.1, 0.15) is 0 Å². The number of nitrogens with zero attached hydrogens (tertiary/aromatic N) is 2. The molecule has 0 saturated carbocycles. The molecular weight excluding hydrogens is 451 g/mol. The zero-order valence-electron chi connectivity index (χ0n) is 15.7. The van der Waals surface area contributed by atoms with Gasteiger partial charge in [0.25, 0.3) is 0 Å². The molecule has 0 spiro atoms. The molecule has 3 N–H and O–H groups in total. The van der Waals surface area contributed by atoms with Crippen LogP contribution in [0.5, 0.6) is 0 Å². The molecule has 1 atom stereocenters. The van der Waals surface area contributed by atoms with Gasteiger partial charge in [-0.1, -0.05) is 20.8 Å². The molecule has 0 fully saturated rings. The second-order valence-corrected chi connectivity index (χ2v) is 7.26. The van der Waals surface area contributed by atoms with Crippen LogP contribution < -0.4 is 10.6 Å². The monoisotopic (exact) mass is 484 g/mol. The summed E-state index contributed by atoms with van der Waals surface area (Å²) in [6.07, 6.45) is 3.28. The number of halogens is 1. The molecule has 1 heterocycles. The van der Waals surface area contributed by atoms with Gasteiger partial charge in [-0.15, -0.1) is 35.3 Å². The molecular formula is C17H33IN4O2S. The van der Waals surface area contributed by atoms with E-state index in [9.17, 15) is 5.11 Å². The highest BCUT2D eigenvalue weighted by Crippen LogP contribution is 2.13. The van der Waals surface area contributed by atoms with Crippen LogP contribution in [0, 0.1) is 5.92 Å². The van der Waals surface area contributed by atoms with Crippen molar-refractivity contribution in [2.75, 3.05) is 32.8 Å². The summed E-state index contributed by atoms with van der Waals surface area (Å²) < 4.78 is 5.43. The molecule has 8 heteroatoms. The van der Waals surface area contributed by atoms with Gasteiger partial charge in [-0.3, -0.25) is 4.99 Å². The number of aryl methyl sites for hydroxylation is 1. The van der Waals surface area contributed by atoms with Gasteiger partial charge in [-0.2, -0.15) is 0 Å². The van der Waals surface area contributed by atoms with Gasteiger partial charge < -0.3 is 20.5 Å². The number of aliphatic hydroxyl groups excluding tert-OH is 1. The molecule has 0 saturated heterocycles. The second-order valence-electron chi connectivity index (χ2n) is 6.06. The largest absolute Gasteiger partial charge is 0.389 e. The molecule has 0 aliphatic carbocycles. The Morgan fingerprint density at radius 3 is 2.68 bits per heavy atom. The van der Waals surface area contributed by atoms with Crippen molar-refractivity contribution in [3.05, 3.63) is 16.1 Å². The predicted octanol–water partition coefficient (Wildman–Crippen LogP) is 2.45. The van der Waals surface area contributed by atoms with Gasteiger partial charge in [0.15, 0.2) is 5.96 Å². The Morgan fingerprint density at radius 2 is 2.08 bits per heavy atom. The second kappa shape index (κ2) is 14.7. The molecule has 0 bridgehead atoms. The summed E-state index contributed by atoms with van der Waals surface area (Å²) in [6.45, 7) is 11.2. The number of ether oxygens (including phenoxy) is 1. The minimum Gasteiger partial charge on any atom is -0.389 e. The Bertz CT molecular complexity index is 483. The van der Waals surface area contributed by atoms with Crippen molar-refractivity contribution in [2.45, 2.75) is 46.6 Å². The lowest BCUT2D eigenvalue weighted by atomic mass is 10.2. The molecule has 0 aromatic carbocycles. The van der Waals surface area contributed by atoms with Crippen molar-refractivity contribution in [2.24, 2.45) is 10.9 Å². The number of hydrogen-bond donors (Lipinski definition) is 3. The minimum atomic E-state index is -0.578. The van der Waals surface area contributed by atoms with Gasteiger partial charge >= 0.3 is 0 Å². The van der Waals surface area contributed by atoms with Crippen molar-refractivity contribution in [3.63, 3.8) is 0 Å². The number of rotatable bonds is 11. The van der Waals surface area contributed by atoms with Crippen molar-refractivity contribution in [3.8, 4) is 0 Å². The summed E-state index contributed by atoms with van der Waals surface area (Å²) in [7, 11) is 0. The number of thiazole rings is 1. The Labute approximate surface area is 172 Å². The third kappa shape index (κ3) is 11.7. The first-order chi connectivity index (χ1) is 11.5. The van der Waals surface area contributed by atoms with E-state index in [4.69, 9.17) is 4.74 Å². The average molecular weight is 484 g/mol. The third-order valence-corrected chi connectivity index (χ3v) is 4.35. The molecule has 0 radical (unpaired) electrons. The van der Waals surface area contributed by atoms with Crippen LogP contribution in [0.3, 0.4) is 0 Å². The van der Waals surface area contributed by atoms with Gasteiger partial charge in [0, 0.05) is 37.2 Å². The lowest BCUT2D eigenvalue weighted by Gasteiger charge is -2.13. The van der Waals surface area contributed by atoms with Crippen LogP contribution in [0.15, 0.2) is 11.2 Å². The first kappa shape index (κ1) is 24.6. The lowest BCUT2D eigenvalue weighted by Crippen LogP contribution is -2.39. The molecule has 1 aromatic rings. The molecule has 1 aromatic heterocycles. The van der Waals surface area contributed by atoms with Crippen molar-refractivity contribution >= 4 is 41.3 Å². The Morgan fingerprint density at radius 1 is 1.32 bits per heavy atom. The predicted molar refractivity (Wildman–Crippen MR) is 116 cm³/mol. The van der Waals surface area contributed by atoms with E-state index in [2.05, 4.69) is 41.4 Å². The molecule has 6 nitrogen and oxygen atoms in total. The van der Waals surface area contributed by atoms with E-state index in [0.717, 1.165) is 30.9 Å². The van der Waals surface area contributed by atoms with Crippen LogP contribution in [-0.4, -0.2) is 55.0 Å². The van der Waals surface area contributed by atoms with Crippen LogP contribution in [0.4, 0.5) is 0 Å². The SMILES string of the molecule is CCNC(=NCC(O)COCC(C)C)NCCc1ncc(CC)s1.I. The van der Waals surface area contributed by atoms with Crippen molar-refractivity contribution in [1.82, 2.24) is 15.6 Å².